The van der Waals surface area contributed by atoms with Crippen LogP contribution < -0.4 is 10.6 Å². The molecule has 3 heterocycles. The van der Waals surface area contributed by atoms with Gasteiger partial charge in [-0.25, -0.2) is 13.6 Å². The van der Waals surface area contributed by atoms with Crippen molar-refractivity contribution in [1.29, 1.82) is 5.26 Å². The van der Waals surface area contributed by atoms with Gasteiger partial charge in [-0.2, -0.15) is 5.26 Å². The molecule has 0 aliphatic carbocycles. The van der Waals surface area contributed by atoms with Gasteiger partial charge < -0.3 is 20.4 Å². The SMILES string of the molecule is CC(=O)N1CC2(C1)c1cc(F)ccc1NC(=O)N2CC(=O)N[C@H](C)c1ncc(C#N)cc1F. The third kappa shape index (κ3) is 3.84. The number of benzene rings is 1. The summed E-state index contributed by atoms with van der Waals surface area (Å²) in [7, 11) is 0. The van der Waals surface area contributed by atoms with E-state index in [1.54, 1.807) is 6.07 Å². The molecule has 2 N–H and O–H groups in total. The van der Waals surface area contributed by atoms with Gasteiger partial charge in [0.15, 0.2) is 0 Å². The Morgan fingerprint density at radius 3 is 2.70 bits per heavy atom. The van der Waals surface area contributed by atoms with Crippen LogP contribution in [0.4, 0.5) is 19.3 Å². The number of halogens is 2. The van der Waals surface area contributed by atoms with Crippen LogP contribution in [0.5, 0.6) is 0 Å². The zero-order chi connectivity index (χ0) is 23.9. The average Bonchev–Trinajstić information content (AvgIpc) is 2.72. The van der Waals surface area contributed by atoms with Gasteiger partial charge in [0.05, 0.1) is 30.4 Å². The van der Waals surface area contributed by atoms with E-state index < -0.39 is 41.7 Å². The number of aromatic nitrogens is 1. The highest BCUT2D eigenvalue weighted by atomic mass is 19.1. The van der Waals surface area contributed by atoms with Crippen LogP contribution >= 0.6 is 0 Å². The molecule has 0 bridgehead atoms. The summed E-state index contributed by atoms with van der Waals surface area (Å²) in [4.78, 5) is 44.2. The highest BCUT2D eigenvalue weighted by Gasteiger charge is 2.55. The molecule has 0 saturated carbocycles. The minimum Gasteiger partial charge on any atom is -0.346 e. The molecule has 11 heteroatoms. The summed E-state index contributed by atoms with van der Waals surface area (Å²) in [6, 6.07) is 5.35. The molecule has 4 rings (SSSR count). The van der Waals surface area contributed by atoms with Gasteiger partial charge in [0.1, 0.15) is 29.8 Å². The molecule has 1 aromatic carbocycles. The van der Waals surface area contributed by atoms with Gasteiger partial charge in [0.25, 0.3) is 0 Å². The fraction of sp³-hybridized carbons (Fsp3) is 0.318. The molecule has 0 radical (unpaired) electrons. The lowest BCUT2D eigenvalue weighted by molar-refractivity contribution is -0.144. The number of rotatable bonds is 4. The van der Waals surface area contributed by atoms with Crippen LogP contribution in [0.15, 0.2) is 30.5 Å². The van der Waals surface area contributed by atoms with Crippen molar-refractivity contribution < 1.29 is 23.2 Å². The van der Waals surface area contributed by atoms with Gasteiger partial charge >= 0.3 is 6.03 Å². The fourth-order valence-corrected chi connectivity index (χ4v) is 4.23. The van der Waals surface area contributed by atoms with Crippen molar-refractivity contribution in [3.8, 4) is 6.07 Å². The molecule has 4 amide bonds. The summed E-state index contributed by atoms with van der Waals surface area (Å²) >= 11 is 0. The second-order valence-corrected chi connectivity index (χ2v) is 8.10. The number of hydrogen-bond acceptors (Lipinski definition) is 5. The number of nitriles is 1. The lowest BCUT2D eigenvalue weighted by Gasteiger charge is -2.57. The van der Waals surface area contributed by atoms with E-state index in [1.807, 2.05) is 0 Å². The number of carbonyl (C=O) groups excluding carboxylic acids is 3. The molecule has 1 saturated heterocycles. The Balaban J connectivity index is 1.57. The van der Waals surface area contributed by atoms with E-state index in [9.17, 15) is 23.2 Å². The quantitative estimate of drug-likeness (QED) is 0.733. The molecular formula is C22H20F2N6O3. The summed E-state index contributed by atoms with van der Waals surface area (Å²) in [5, 5.41) is 14.1. The average molecular weight is 454 g/mol. The monoisotopic (exact) mass is 454 g/mol. The van der Waals surface area contributed by atoms with Crippen molar-refractivity contribution in [2.45, 2.75) is 25.4 Å². The summed E-state index contributed by atoms with van der Waals surface area (Å²) in [5.41, 5.74) is -0.186. The summed E-state index contributed by atoms with van der Waals surface area (Å²) < 4.78 is 28.3. The summed E-state index contributed by atoms with van der Waals surface area (Å²) in [6.45, 7) is 2.73. The third-order valence-electron chi connectivity index (χ3n) is 5.92. The standard InChI is InChI=1S/C22H20F2N6O3/c1-12(20-17(24)5-14(7-25)8-26-20)27-19(32)9-30-21(33)28-18-4-3-15(23)6-16(18)22(30)10-29(11-22)13(2)31/h3-6,8,12H,9-11H2,1-2H3,(H,27,32)(H,28,33)/t12-/m1/s1. The molecule has 1 aromatic heterocycles. The largest absolute Gasteiger partial charge is 0.346 e. The number of carbonyl (C=O) groups is 3. The zero-order valence-electron chi connectivity index (χ0n) is 17.9. The topological polar surface area (TPSA) is 118 Å². The van der Waals surface area contributed by atoms with Crippen LogP contribution in [-0.4, -0.2) is 52.3 Å². The molecule has 170 valence electrons. The second-order valence-electron chi connectivity index (χ2n) is 8.10. The number of amides is 4. The van der Waals surface area contributed by atoms with Crippen LogP contribution in [0, 0.1) is 23.0 Å². The molecule has 2 aliphatic rings. The molecule has 33 heavy (non-hydrogen) atoms. The molecule has 1 fully saturated rings. The first-order valence-electron chi connectivity index (χ1n) is 10.1. The minimum absolute atomic E-state index is 0.0487. The van der Waals surface area contributed by atoms with Crippen molar-refractivity contribution in [2.75, 3.05) is 25.0 Å². The Bertz CT molecular complexity index is 1210. The maximum atomic E-state index is 14.3. The number of fused-ring (bicyclic) bond motifs is 2. The normalized spacial score (nSPS) is 16.9. The Labute approximate surface area is 188 Å². The molecule has 1 atom stereocenters. The Morgan fingerprint density at radius 2 is 2.06 bits per heavy atom. The van der Waals surface area contributed by atoms with Gasteiger partial charge in [-0.1, -0.05) is 0 Å². The maximum Gasteiger partial charge on any atom is 0.323 e. The molecule has 9 nitrogen and oxygen atoms in total. The second kappa shape index (κ2) is 8.12. The van der Waals surface area contributed by atoms with Crippen molar-refractivity contribution in [1.82, 2.24) is 20.1 Å². The maximum absolute atomic E-state index is 14.3. The first-order chi connectivity index (χ1) is 15.6. The van der Waals surface area contributed by atoms with Gasteiger partial charge in [0.2, 0.25) is 11.8 Å². The van der Waals surface area contributed by atoms with Gasteiger partial charge in [0, 0.05) is 24.4 Å². The Kier molecular flexibility index (Phi) is 5.45. The van der Waals surface area contributed by atoms with Gasteiger partial charge in [-0.3, -0.25) is 14.6 Å². The van der Waals surface area contributed by atoms with Crippen molar-refractivity contribution in [3.63, 3.8) is 0 Å². The van der Waals surface area contributed by atoms with Crippen LogP contribution in [-0.2, 0) is 15.1 Å². The third-order valence-corrected chi connectivity index (χ3v) is 5.92. The summed E-state index contributed by atoms with van der Waals surface area (Å²) in [6.07, 6.45) is 1.20. The first kappa shape index (κ1) is 22.1. The molecule has 0 unspecified atom stereocenters. The van der Waals surface area contributed by atoms with E-state index in [2.05, 4.69) is 15.6 Å². The molecule has 2 aliphatic heterocycles. The van der Waals surface area contributed by atoms with Gasteiger partial charge in [-0.05, 0) is 31.2 Å². The highest BCUT2D eigenvalue weighted by molar-refractivity contribution is 5.97. The molecular weight excluding hydrogens is 434 g/mol. The van der Waals surface area contributed by atoms with E-state index in [-0.39, 0.29) is 30.3 Å². The number of hydrogen-bond donors (Lipinski definition) is 2. The Morgan fingerprint density at radius 1 is 1.33 bits per heavy atom. The number of urea groups is 1. The number of nitrogens with zero attached hydrogens (tertiary/aromatic N) is 4. The number of nitrogens with one attached hydrogen (secondary N) is 2. The number of likely N-dealkylation sites (tertiary alicyclic amines) is 1. The molecule has 1 spiro atoms. The van der Waals surface area contributed by atoms with Crippen LogP contribution in [0.2, 0.25) is 0 Å². The predicted molar refractivity (Wildman–Crippen MR) is 112 cm³/mol. The summed E-state index contributed by atoms with van der Waals surface area (Å²) in [5.74, 6) is -2.05. The number of pyridine rings is 1. The smallest absolute Gasteiger partial charge is 0.323 e. The van der Waals surface area contributed by atoms with E-state index in [4.69, 9.17) is 5.26 Å². The lowest BCUT2D eigenvalue weighted by Crippen LogP contribution is -2.72. The fourth-order valence-electron chi connectivity index (χ4n) is 4.23. The highest BCUT2D eigenvalue weighted by Crippen LogP contribution is 2.44. The van der Waals surface area contributed by atoms with Crippen molar-refractivity contribution in [3.05, 3.63) is 58.9 Å². The van der Waals surface area contributed by atoms with Gasteiger partial charge in [-0.15, -0.1) is 0 Å². The van der Waals surface area contributed by atoms with E-state index >= 15 is 0 Å². The van der Waals surface area contributed by atoms with Crippen LogP contribution in [0.1, 0.15) is 36.7 Å². The number of anilines is 1. The van der Waals surface area contributed by atoms with Crippen molar-refractivity contribution in [2.24, 2.45) is 0 Å². The van der Waals surface area contributed by atoms with Crippen molar-refractivity contribution >= 4 is 23.5 Å². The predicted octanol–water partition coefficient (Wildman–Crippen LogP) is 2.01. The Hall–Kier alpha value is -4.07. The van der Waals surface area contributed by atoms with E-state index in [1.165, 1.54) is 48.0 Å². The van der Waals surface area contributed by atoms with E-state index in [0.29, 0.717) is 11.3 Å². The minimum atomic E-state index is -1.07. The lowest BCUT2D eigenvalue weighted by atomic mass is 9.78. The van der Waals surface area contributed by atoms with Crippen LogP contribution in [0.25, 0.3) is 0 Å². The molecule has 2 aromatic rings. The first-order valence-corrected chi connectivity index (χ1v) is 10.1. The van der Waals surface area contributed by atoms with E-state index in [0.717, 1.165) is 6.07 Å². The zero-order valence-corrected chi connectivity index (χ0v) is 17.9. The van der Waals surface area contributed by atoms with Crippen LogP contribution in [0.3, 0.4) is 0 Å².